The van der Waals surface area contributed by atoms with Crippen LogP contribution in [0.15, 0.2) is 18.2 Å². The van der Waals surface area contributed by atoms with E-state index in [1.165, 1.54) is 0 Å². The quantitative estimate of drug-likeness (QED) is 0.803. The van der Waals surface area contributed by atoms with Crippen LogP contribution in [0.25, 0.3) is 0 Å². The van der Waals surface area contributed by atoms with E-state index in [-0.39, 0.29) is 6.10 Å². The molecule has 2 nitrogen and oxygen atoms in total. The van der Waals surface area contributed by atoms with E-state index >= 15 is 0 Å². The molecule has 0 saturated heterocycles. The van der Waals surface area contributed by atoms with Crippen LogP contribution >= 0.6 is 23.2 Å². The Kier molecular flexibility index (Phi) is 6.83. The number of hydrogen-bond donors (Lipinski definition) is 1. The second-order valence-electron chi connectivity index (χ2n) is 4.78. The van der Waals surface area contributed by atoms with Gasteiger partial charge < -0.3 is 10.1 Å². The molecule has 0 bridgehead atoms. The molecular formula is C14H21Cl2NO. The molecule has 1 atom stereocenters. The van der Waals surface area contributed by atoms with Crippen molar-refractivity contribution in [1.82, 2.24) is 5.32 Å². The normalized spacial score (nSPS) is 12.8. The Balaban J connectivity index is 2.49. The first kappa shape index (κ1) is 15.6. The van der Waals surface area contributed by atoms with Crippen molar-refractivity contribution in [1.29, 1.82) is 0 Å². The largest absolute Gasteiger partial charge is 0.489 e. The molecule has 1 rings (SSSR count). The maximum atomic E-state index is 5.96. The van der Waals surface area contributed by atoms with Crippen LogP contribution in [0, 0.1) is 5.92 Å². The summed E-state index contributed by atoms with van der Waals surface area (Å²) in [6.07, 6.45) is 1.10. The first-order valence-corrected chi connectivity index (χ1v) is 7.11. The molecule has 0 aliphatic rings. The van der Waals surface area contributed by atoms with E-state index in [0.717, 1.165) is 25.3 Å². The summed E-state index contributed by atoms with van der Waals surface area (Å²) >= 11 is 11.8. The van der Waals surface area contributed by atoms with Crippen LogP contribution in [-0.4, -0.2) is 19.2 Å². The van der Waals surface area contributed by atoms with Gasteiger partial charge in [0.15, 0.2) is 0 Å². The number of ether oxygens (including phenoxy) is 1. The highest BCUT2D eigenvalue weighted by molar-refractivity contribution is 6.42. The Morgan fingerprint density at radius 1 is 1.17 bits per heavy atom. The van der Waals surface area contributed by atoms with Crippen molar-refractivity contribution in [2.24, 2.45) is 5.92 Å². The lowest BCUT2D eigenvalue weighted by molar-refractivity contribution is 0.192. The van der Waals surface area contributed by atoms with Crippen LogP contribution in [0.3, 0.4) is 0 Å². The van der Waals surface area contributed by atoms with Gasteiger partial charge in [-0.1, -0.05) is 44.0 Å². The fourth-order valence-corrected chi connectivity index (χ4v) is 1.83. The molecule has 0 saturated carbocycles. The Hall–Kier alpha value is -0.440. The first-order chi connectivity index (χ1) is 8.52. The number of nitrogens with one attached hydrogen (secondary N) is 1. The van der Waals surface area contributed by atoms with Crippen LogP contribution in [0.1, 0.15) is 27.2 Å². The molecule has 0 spiro atoms. The average molecular weight is 290 g/mol. The van der Waals surface area contributed by atoms with Gasteiger partial charge in [-0.25, -0.2) is 0 Å². The monoisotopic (exact) mass is 289 g/mol. The molecule has 1 unspecified atom stereocenters. The number of benzene rings is 1. The summed E-state index contributed by atoms with van der Waals surface area (Å²) in [5, 5.41) is 4.48. The minimum Gasteiger partial charge on any atom is -0.489 e. The molecule has 0 aliphatic heterocycles. The number of rotatable bonds is 7. The number of hydrogen-bond acceptors (Lipinski definition) is 2. The summed E-state index contributed by atoms with van der Waals surface area (Å²) in [5.41, 5.74) is 0. The maximum absolute atomic E-state index is 5.96. The van der Waals surface area contributed by atoms with Crippen molar-refractivity contribution in [3.8, 4) is 5.75 Å². The minimum atomic E-state index is 0.154. The third-order valence-corrected chi connectivity index (χ3v) is 3.31. The van der Waals surface area contributed by atoms with Crippen LogP contribution in [0.2, 0.25) is 10.0 Å². The molecule has 1 aromatic carbocycles. The first-order valence-electron chi connectivity index (χ1n) is 6.35. The summed E-state index contributed by atoms with van der Waals surface area (Å²) in [6.45, 7) is 8.33. The van der Waals surface area contributed by atoms with Crippen molar-refractivity contribution in [2.75, 3.05) is 13.1 Å². The molecule has 102 valence electrons. The topological polar surface area (TPSA) is 21.3 Å². The number of halogens is 2. The smallest absolute Gasteiger partial charge is 0.121 e. The second kappa shape index (κ2) is 7.88. The van der Waals surface area contributed by atoms with E-state index in [1.54, 1.807) is 12.1 Å². The zero-order valence-electron chi connectivity index (χ0n) is 11.2. The highest BCUT2D eigenvalue weighted by Crippen LogP contribution is 2.27. The predicted molar refractivity (Wildman–Crippen MR) is 78.9 cm³/mol. The molecule has 0 aromatic heterocycles. The highest BCUT2D eigenvalue weighted by atomic mass is 35.5. The van der Waals surface area contributed by atoms with E-state index in [9.17, 15) is 0 Å². The summed E-state index contributed by atoms with van der Waals surface area (Å²) in [6, 6.07) is 5.36. The van der Waals surface area contributed by atoms with Gasteiger partial charge in [-0.2, -0.15) is 0 Å². The molecule has 4 heteroatoms. The molecule has 0 radical (unpaired) electrons. The van der Waals surface area contributed by atoms with Gasteiger partial charge in [0, 0.05) is 12.6 Å². The van der Waals surface area contributed by atoms with Crippen LogP contribution in [-0.2, 0) is 0 Å². The third kappa shape index (κ3) is 5.47. The highest BCUT2D eigenvalue weighted by Gasteiger charge is 2.09. The fraction of sp³-hybridized carbons (Fsp3) is 0.571. The van der Waals surface area contributed by atoms with Crippen LogP contribution < -0.4 is 10.1 Å². The van der Waals surface area contributed by atoms with Crippen molar-refractivity contribution < 1.29 is 4.74 Å². The molecule has 1 aromatic rings. The zero-order valence-corrected chi connectivity index (χ0v) is 12.7. The van der Waals surface area contributed by atoms with Crippen molar-refractivity contribution in [3.63, 3.8) is 0 Å². The molecule has 0 amide bonds. The van der Waals surface area contributed by atoms with E-state index in [1.807, 2.05) is 6.07 Å². The van der Waals surface area contributed by atoms with E-state index in [0.29, 0.717) is 16.0 Å². The third-order valence-electron chi connectivity index (χ3n) is 2.57. The molecule has 18 heavy (non-hydrogen) atoms. The van der Waals surface area contributed by atoms with Gasteiger partial charge in [-0.3, -0.25) is 0 Å². The van der Waals surface area contributed by atoms with Crippen molar-refractivity contribution in [2.45, 2.75) is 33.3 Å². The summed E-state index contributed by atoms with van der Waals surface area (Å²) in [4.78, 5) is 0. The molecule has 0 fully saturated rings. The van der Waals surface area contributed by atoms with Crippen molar-refractivity contribution >= 4 is 23.2 Å². The van der Waals surface area contributed by atoms with E-state index in [2.05, 4.69) is 26.1 Å². The van der Waals surface area contributed by atoms with Gasteiger partial charge in [-0.15, -0.1) is 0 Å². The standard InChI is InChI=1S/C14H21Cl2NO/c1-4-11(9-17-8-10(2)3)18-12-5-6-13(15)14(16)7-12/h5-7,10-11,17H,4,8-9H2,1-3H3. The van der Waals surface area contributed by atoms with Crippen LogP contribution in [0.4, 0.5) is 0 Å². The lowest BCUT2D eigenvalue weighted by atomic mass is 10.2. The average Bonchev–Trinajstić information content (AvgIpc) is 2.32. The maximum Gasteiger partial charge on any atom is 0.121 e. The Bertz CT molecular complexity index is 369. The fourth-order valence-electron chi connectivity index (χ4n) is 1.54. The SMILES string of the molecule is CCC(CNCC(C)C)Oc1ccc(Cl)c(Cl)c1. The Morgan fingerprint density at radius 3 is 2.44 bits per heavy atom. The van der Waals surface area contributed by atoms with Crippen LogP contribution in [0.5, 0.6) is 5.75 Å². The van der Waals surface area contributed by atoms with E-state index < -0.39 is 0 Å². The Morgan fingerprint density at radius 2 is 1.89 bits per heavy atom. The summed E-state index contributed by atoms with van der Waals surface area (Å²) in [7, 11) is 0. The molecule has 0 aliphatic carbocycles. The Labute approximate surface area is 120 Å². The van der Waals surface area contributed by atoms with Gasteiger partial charge in [0.1, 0.15) is 11.9 Å². The van der Waals surface area contributed by atoms with Gasteiger partial charge in [0.25, 0.3) is 0 Å². The lowest BCUT2D eigenvalue weighted by Crippen LogP contribution is -2.33. The van der Waals surface area contributed by atoms with E-state index in [4.69, 9.17) is 27.9 Å². The summed E-state index contributed by atoms with van der Waals surface area (Å²) in [5.74, 6) is 1.41. The predicted octanol–water partition coefficient (Wildman–Crippen LogP) is 4.40. The second-order valence-corrected chi connectivity index (χ2v) is 5.59. The molecule has 1 N–H and O–H groups in total. The van der Waals surface area contributed by atoms with Gasteiger partial charge >= 0.3 is 0 Å². The molecular weight excluding hydrogens is 269 g/mol. The molecule has 0 heterocycles. The minimum absolute atomic E-state index is 0.154. The van der Waals surface area contributed by atoms with Gasteiger partial charge in [0.05, 0.1) is 10.0 Å². The summed E-state index contributed by atoms with van der Waals surface area (Å²) < 4.78 is 5.88. The van der Waals surface area contributed by atoms with Gasteiger partial charge in [0.2, 0.25) is 0 Å². The van der Waals surface area contributed by atoms with Gasteiger partial charge in [-0.05, 0) is 31.0 Å². The van der Waals surface area contributed by atoms with Crippen molar-refractivity contribution in [3.05, 3.63) is 28.2 Å². The zero-order chi connectivity index (χ0) is 13.5. The lowest BCUT2D eigenvalue weighted by Gasteiger charge is -2.19.